The Morgan fingerprint density at radius 2 is 1.45 bits per heavy atom. The molecule has 0 heterocycles. The molecule has 0 amide bonds. The van der Waals surface area contributed by atoms with Gasteiger partial charge in [0.15, 0.2) is 11.5 Å². The topological polar surface area (TPSA) is 61.8 Å². The van der Waals surface area contributed by atoms with E-state index < -0.39 is 10.1 Å². The van der Waals surface area contributed by atoms with Crippen LogP contribution in [0.5, 0.6) is 17.2 Å². The molecule has 0 saturated carbocycles. The molecule has 5 nitrogen and oxygen atoms in total. The summed E-state index contributed by atoms with van der Waals surface area (Å²) in [7, 11) is -0.946. The summed E-state index contributed by atoms with van der Waals surface area (Å²) in [6.07, 6.45) is 0. The van der Waals surface area contributed by atoms with Gasteiger partial charge in [0.2, 0.25) is 0 Å². The summed E-state index contributed by atoms with van der Waals surface area (Å²) in [6.45, 7) is 3.65. The Morgan fingerprint density at radius 3 is 2.05 bits per heavy atom. The van der Waals surface area contributed by atoms with Gasteiger partial charge in [-0.05, 0) is 55.3 Å². The zero-order valence-electron chi connectivity index (χ0n) is 12.9. The van der Waals surface area contributed by atoms with Crippen LogP contribution in [0.2, 0.25) is 0 Å². The first-order chi connectivity index (χ1) is 10.4. The number of benzene rings is 2. The van der Waals surface area contributed by atoms with Crippen LogP contribution >= 0.6 is 0 Å². The number of rotatable bonds is 5. The highest BCUT2D eigenvalue weighted by atomic mass is 32.2. The Kier molecular flexibility index (Phi) is 4.61. The molecule has 0 N–H and O–H groups in total. The van der Waals surface area contributed by atoms with Gasteiger partial charge in [-0.15, -0.1) is 0 Å². The number of aryl methyl sites for hydroxylation is 2. The van der Waals surface area contributed by atoms with Crippen molar-refractivity contribution < 1.29 is 22.1 Å². The maximum atomic E-state index is 12.4. The van der Waals surface area contributed by atoms with Crippen LogP contribution in [-0.4, -0.2) is 22.6 Å². The Balaban J connectivity index is 2.38. The van der Waals surface area contributed by atoms with Crippen LogP contribution in [0.25, 0.3) is 0 Å². The number of hydrogen-bond donors (Lipinski definition) is 0. The third-order valence-electron chi connectivity index (χ3n) is 3.17. The molecule has 0 aliphatic carbocycles. The van der Waals surface area contributed by atoms with Crippen LogP contribution in [0.4, 0.5) is 0 Å². The average Bonchev–Trinajstić information content (AvgIpc) is 2.48. The van der Waals surface area contributed by atoms with Crippen molar-refractivity contribution in [2.24, 2.45) is 0 Å². The van der Waals surface area contributed by atoms with Gasteiger partial charge in [0.1, 0.15) is 10.6 Å². The van der Waals surface area contributed by atoms with Crippen molar-refractivity contribution >= 4 is 10.1 Å². The summed E-state index contributed by atoms with van der Waals surface area (Å²) >= 11 is 0. The zero-order valence-corrected chi connectivity index (χ0v) is 13.7. The van der Waals surface area contributed by atoms with E-state index in [-0.39, 0.29) is 10.6 Å². The summed E-state index contributed by atoms with van der Waals surface area (Å²) in [5.74, 6) is 1.14. The van der Waals surface area contributed by atoms with Crippen molar-refractivity contribution in [1.29, 1.82) is 0 Å². The Labute approximate surface area is 130 Å². The van der Waals surface area contributed by atoms with E-state index >= 15 is 0 Å². The molecule has 22 heavy (non-hydrogen) atoms. The average molecular weight is 322 g/mol. The van der Waals surface area contributed by atoms with Crippen LogP contribution in [0.15, 0.2) is 41.3 Å². The maximum absolute atomic E-state index is 12.4. The summed E-state index contributed by atoms with van der Waals surface area (Å²) in [4.78, 5) is 0.0634. The minimum atomic E-state index is -3.94. The number of ether oxygens (including phenoxy) is 2. The van der Waals surface area contributed by atoms with E-state index in [1.54, 1.807) is 31.2 Å². The molecule has 0 saturated heterocycles. The molecule has 2 aromatic rings. The van der Waals surface area contributed by atoms with Gasteiger partial charge in [-0.3, -0.25) is 0 Å². The third-order valence-corrected chi connectivity index (χ3v) is 4.40. The van der Waals surface area contributed by atoms with E-state index in [1.807, 2.05) is 6.92 Å². The molecule has 0 aliphatic heterocycles. The molecule has 0 aliphatic rings. The van der Waals surface area contributed by atoms with Gasteiger partial charge in [-0.2, -0.15) is 8.42 Å². The molecule has 118 valence electrons. The minimum absolute atomic E-state index is 0.0634. The highest BCUT2D eigenvalue weighted by Crippen LogP contribution is 2.31. The summed E-state index contributed by atoms with van der Waals surface area (Å²) < 4.78 is 40.3. The second-order valence-corrected chi connectivity index (χ2v) is 6.37. The van der Waals surface area contributed by atoms with Crippen LogP contribution < -0.4 is 13.7 Å². The predicted molar refractivity (Wildman–Crippen MR) is 83.3 cm³/mol. The van der Waals surface area contributed by atoms with E-state index in [1.165, 1.54) is 26.4 Å². The van der Waals surface area contributed by atoms with Crippen LogP contribution in [0.1, 0.15) is 11.1 Å². The van der Waals surface area contributed by atoms with Crippen LogP contribution in [0.3, 0.4) is 0 Å². The highest BCUT2D eigenvalue weighted by Gasteiger charge is 2.20. The molecule has 2 rings (SSSR count). The van der Waals surface area contributed by atoms with Gasteiger partial charge in [0.05, 0.1) is 14.2 Å². The predicted octanol–water partition coefficient (Wildman–Crippen LogP) is 3.09. The molecule has 0 bridgehead atoms. The van der Waals surface area contributed by atoms with Gasteiger partial charge >= 0.3 is 10.1 Å². The van der Waals surface area contributed by atoms with E-state index in [9.17, 15) is 8.42 Å². The standard InChI is InChI=1S/C16H18O5S/c1-11-5-7-15(16(9-11)20-4)21-22(17,18)13-6-8-14(19-3)12(2)10-13/h5-10H,1-4H3. The van der Waals surface area contributed by atoms with Crippen molar-refractivity contribution in [3.05, 3.63) is 47.5 Å². The third kappa shape index (κ3) is 3.33. The summed E-state index contributed by atoms with van der Waals surface area (Å²) in [5.41, 5.74) is 1.66. The van der Waals surface area contributed by atoms with Crippen LogP contribution in [0, 0.1) is 13.8 Å². The SMILES string of the molecule is COc1ccc(S(=O)(=O)Oc2ccc(C)cc2OC)cc1C. The lowest BCUT2D eigenvalue weighted by Gasteiger charge is -2.12. The monoisotopic (exact) mass is 322 g/mol. The lowest BCUT2D eigenvalue weighted by Crippen LogP contribution is -2.11. The van der Waals surface area contributed by atoms with Crippen LogP contribution in [-0.2, 0) is 10.1 Å². The number of hydrogen-bond acceptors (Lipinski definition) is 5. The number of methoxy groups -OCH3 is 2. The van der Waals surface area contributed by atoms with Gasteiger partial charge in [0, 0.05) is 0 Å². The van der Waals surface area contributed by atoms with Crippen molar-refractivity contribution in [2.75, 3.05) is 14.2 Å². The van der Waals surface area contributed by atoms with Gasteiger partial charge < -0.3 is 13.7 Å². The Hall–Kier alpha value is -2.21. The Bertz CT molecular complexity index is 781. The fourth-order valence-corrected chi connectivity index (χ4v) is 3.04. The molecular weight excluding hydrogens is 304 g/mol. The van der Waals surface area contributed by atoms with E-state index in [4.69, 9.17) is 13.7 Å². The molecular formula is C16H18O5S. The fourth-order valence-electron chi connectivity index (χ4n) is 2.02. The normalized spacial score (nSPS) is 11.1. The maximum Gasteiger partial charge on any atom is 0.339 e. The first kappa shape index (κ1) is 16.2. The fraction of sp³-hybridized carbons (Fsp3) is 0.250. The van der Waals surface area contributed by atoms with Crippen molar-refractivity contribution in [3.8, 4) is 17.2 Å². The smallest absolute Gasteiger partial charge is 0.339 e. The van der Waals surface area contributed by atoms with Crippen molar-refractivity contribution in [3.63, 3.8) is 0 Å². The Morgan fingerprint density at radius 1 is 0.818 bits per heavy atom. The molecule has 6 heteroatoms. The lowest BCUT2D eigenvalue weighted by molar-refractivity contribution is 0.390. The molecule has 0 atom stereocenters. The first-order valence-corrected chi connectivity index (χ1v) is 8.02. The van der Waals surface area contributed by atoms with E-state index in [0.29, 0.717) is 17.1 Å². The van der Waals surface area contributed by atoms with E-state index in [0.717, 1.165) is 5.56 Å². The second kappa shape index (κ2) is 6.27. The first-order valence-electron chi connectivity index (χ1n) is 6.61. The largest absolute Gasteiger partial charge is 0.496 e. The molecule has 0 radical (unpaired) electrons. The minimum Gasteiger partial charge on any atom is -0.496 e. The molecule has 0 fully saturated rings. The zero-order chi connectivity index (χ0) is 16.3. The van der Waals surface area contributed by atoms with Crippen molar-refractivity contribution in [2.45, 2.75) is 18.7 Å². The van der Waals surface area contributed by atoms with E-state index in [2.05, 4.69) is 0 Å². The summed E-state index contributed by atoms with van der Waals surface area (Å²) in [5, 5.41) is 0. The summed E-state index contributed by atoms with van der Waals surface area (Å²) in [6, 6.07) is 9.59. The molecule has 0 spiro atoms. The quantitative estimate of drug-likeness (QED) is 0.792. The lowest BCUT2D eigenvalue weighted by atomic mass is 10.2. The second-order valence-electron chi connectivity index (χ2n) is 4.82. The van der Waals surface area contributed by atoms with Crippen molar-refractivity contribution in [1.82, 2.24) is 0 Å². The highest BCUT2D eigenvalue weighted by molar-refractivity contribution is 7.87. The molecule has 2 aromatic carbocycles. The van der Waals surface area contributed by atoms with Gasteiger partial charge in [0.25, 0.3) is 0 Å². The molecule has 0 unspecified atom stereocenters. The van der Waals surface area contributed by atoms with Gasteiger partial charge in [-0.1, -0.05) is 6.07 Å². The molecule has 0 aromatic heterocycles. The van der Waals surface area contributed by atoms with Gasteiger partial charge in [-0.25, -0.2) is 0 Å².